The Morgan fingerprint density at radius 3 is 2.00 bits per heavy atom. The molecule has 0 atom stereocenters. The van der Waals surface area contributed by atoms with Crippen molar-refractivity contribution in [3.8, 4) is 23.0 Å². The lowest BCUT2D eigenvalue weighted by Crippen LogP contribution is -2.27. The number of carbonyl (C=O) groups is 2. The van der Waals surface area contributed by atoms with E-state index in [-0.39, 0.29) is 18.1 Å². The molecule has 1 N–H and O–H groups in total. The van der Waals surface area contributed by atoms with E-state index >= 15 is 0 Å². The standard InChI is InChI=1S/C26H27NO6/c1-30-21-11-9-18(15-23(21)32-3)13-14-27-25(28)17-19-10-12-22(31-2)24(16-19)33-26(29)20-7-5-4-6-8-20/h4-12,15-16H,13-14,17H2,1-3H3,(H,27,28). The van der Waals surface area contributed by atoms with Crippen molar-refractivity contribution in [1.29, 1.82) is 0 Å². The molecule has 0 unspecified atom stereocenters. The van der Waals surface area contributed by atoms with Crippen LogP contribution >= 0.6 is 0 Å². The van der Waals surface area contributed by atoms with Crippen molar-refractivity contribution >= 4 is 11.9 Å². The van der Waals surface area contributed by atoms with Gasteiger partial charge in [0.05, 0.1) is 33.3 Å². The van der Waals surface area contributed by atoms with Crippen LogP contribution in [0.3, 0.4) is 0 Å². The van der Waals surface area contributed by atoms with Crippen molar-refractivity contribution < 1.29 is 28.5 Å². The average molecular weight is 450 g/mol. The van der Waals surface area contributed by atoms with Gasteiger partial charge >= 0.3 is 5.97 Å². The molecule has 0 heterocycles. The minimum absolute atomic E-state index is 0.138. The molecule has 1 amide bonds. The van der Waals surface area contributed by atoms with Crippen LogP contribution in [0.25, 0.3) is 0 Å². The summed E-state index contributed by atoms with van der Waals surface area (Å²) in [6.45, 7) is 0.473. The van der Waals surface area contributed by atoms with E-state index in [2.05, 4.69) is 5.32 Å². The summed E-state index contributed by atoms with van der Waals surface area (Å²) in [5, 5.41) is 2.91. The summed E-state index contributed by atoms with van der Waals surface area (Å²) in [5.41, 5.74) is 2.15. The molecule has 0 saturated carbocycles. The predicted molar refractivity (Wildman–Crippen MR) is 124 cm³/mol. The highest BCUT2D eigenvalue weighted by atomic mass is 16.6. The first kappa shape index (κ1) is 23.7. The molecule has 0 aromatic heterocycles. The summed E-state index contributed by atoms with van der Waals surface area (Å²) in [6.07, 6.45) is 0.792. The van der Waals surface area contributed by atoms with Gasteiger partial charge in [0, 0.05) is 6.54 Å². The largest absolute Gasteiger partial charge is 0.493 e. The third-order valence-corrected chi connectivity index (χ3v) is 4.99. The zero-order chi connectivity index (χ0) is 23.6. The van der Waals surface area contributed by atoms with E-state index in [1.54, 1.807) is 56.7 Å². The minimum atomic E-state index is -0.495. The van der Waals surface area contributed by atoms with Gasteiger partial charge in [0.1, 0.15) is 0 Å². The van der Waals surface area contributed by atoms with E-state index in [4.69, 9.17) is 18.9 Å². The van der Waals surface area contributed by atoms with Crippen LogP contribution in [0.15, 0.2) is 66.7 Å². The summed E-state index contributed by atoms with van der Waals surface area (Å²) in [6, 6.07) is 19.4. The first-order valence-corrected chi connectivity index (χ1v) is 10.5. The van der Waals surface area contributed by atoms with Crippen molar-refractivity contribution in [2.45, 2.75) is 12.8 Å². The Morgan fingerprint density at radius 2 is 1.33 bits per heavy atom. The van der Waals surface area contributed by atoms with Crippen LogP contribution in [-0.2, 0) is 17.6 Å². The molecule has 0 aliphatic carbocycles. The lowest BCUT2D eigenvalue weighted by molar-refractivity contribution is -0.120. The van der Waals surface area contributed by atoms with Crippen molar-refractivity contribution in [1.82, 2.24) is 5.32 Å². The molecule has 172 valence electrons. The molecular formula is C26H27NO6. The first-order chi connectivity index (χ1) is 16.0. The molecule has 7 heteroatoms. The monoisotopic (exact) mass is 449 g/mol. The van der Waals surface area contributed by atoms with Gasteiger partial charge in [0.25, 0.3) is 0 Å². The zero-order valence-electron chi connectivity index (χ0n) is 18.9. The molecule has 0 bridgehead atoms. The minimum Gasteiger partial charge on any atom is -0.493 e. The van der Waals surface area contributed by atoms with Crippen molar-refractivity contribution in [2.24, 2.45) is 0 Å². The lowest BCUT2D eigenvalue weighted by Gasteiger charge is -2.12. The smallest absolute Gasteiger partial charge is 0.343 e. The van der Waals surface area contributed by atoms with Crippen molar-refractivity contribution in [3.63, 3.8) is 0 Å². The number of hydrogen-bond donors (Lipinski definition) is 1. The molecule has 0 saturated heterocycles. The molecule has 0 fully saturated rings. The predicted octanol–water partition coefficient (Wildman–Crippen LogP) is 3.83. The second-order valence-corrected chi connectivity index (χ2v) is 7.21. The summed E-state index contributed by atoms with van der Waals surface area (Å²) in [5.74, 6) is 1.36. The van der Waals surface area contributed by atoms with E-state index in [9.17, 15) is 9.59 Å². The van der Waals surface area contributed by atoms with Gasteiger partial charge in [0.2, 0.25) is 5.91 Å². The maximum atomic E-state index is 12.4. The molecule has 0 aliphatic heterocycles. The van der Waals surface area contributed by atoms with Crippen molar-refractivity contribution in [3.05, 3.63) is 83.4 Å². The topological polar surface area (TPSA) is 83.1 Å². The highest BCUT2D eigenvalue weighted by molar-refractivity contribution is 5.91. The molecule has 0 spiro atoms. The summed E-state index contributed by atoms with van der Waals surface area (Å²) in [7, 11) is 4.67. The van der Waals surface area contributed by atoms with E-state index in [1.165, 1.54) is 7.11 Å². The second kappa shape index (κ2) is 11.6. The van der Waals surface area contributed by atoms with Gasteiger partial charge in [-0.1, -0.05) is 30.3 Å². The molecule has 33 heavy (non-hydrogen) atoms. The van der Waals surface area contributed by atoms with Gasteiger partial charge in [0.15, 0.2) is 23.0 Å². The van der Waals surface area contributed by atoms with Gasteiger partial charge in [-0.15, -0.1) is 0 Å². The first-order valence-electron chi connectivity index (χ1n) is 10.5. The maximum absolute atomic E-state index is 12.4. The average Bonchev–Trinajstić information content (AvgIpc) is 2.84. The Kier molecular flexibility index (Phi) is 8.30. The SMILES string of the molecule is COc1ccc(CCNC(=O)Cc2ccc(OC)c(OC(=O)c3ccccc3)c2)cc1OC. The van der Waals surface area contributed by atoms with Crippen LogP contribution in [0.1, 0.15) is 21.5 Å². The Hall–Kier alpha value is -4.00. The van der Waals surface area contributed by atoms with Crippen LogP contribution in [0.5, 0.6) is 23.0 Å². The molecule has 3 aromatic rings. The lowest BCUT2D eigenvalue weighted by atomic mass is 10.1. The van der Waals surface area contributed by atoms with E-state index in [1.807, 2.05) is 24.3 Å². The highest BCUT2D eigenvalue weighted by Crippen LogP contribution is 2.29. The van der Waals surface area contributed by atoms with Gasteiger partial charge in [-0.25, -0.2) is 4.79 Å². The molecule has 0 radical (unpaired) electrons. The number of esters is 1. The molecule has 0 aliphatic rings. The number of benzene rings is 3. The Balaban J connectivity index is 1.58. The normalized spacial score (nSPS) is 10.3. The Labute approximate surface area is 193 Å². The van der Waals surface area contributed by atoms with Gasteiger partial charge in [-0.2, -0.15) is 0 Å². The summed E-state index contributed by atoms with van der Waals surface area (Å²) in [4.78, 5) is 24.8. The van der Waals surface area contributed by atoms with Gasteiger partial charge in [-0.05, 0) is 53.9 Å². The number of carbonyl (C=O) groups excluding carboxylic acids is 2. The number of ether oxygens (including phenoxy) is 4. The number of methoxy groups -OCH3 is 3. The van der Waals surface area contributed by atoms with Crippen LogP contribution in [0.2, 0.25) is 0 Å². The van der Waals surface area contributed by atoms with E-state index in [0.29, 0.717) is 41.3 Å². The summed E-state index contributed by atoms with van der Waals surface area (Å²) >= 11 is 0. The van der Waals surface area contributed by atoms with Crippen LogP contribution in [0, 0.1) is 0 Å². The third kappa shape index (κ3) is 6.49. The number of nitrogens with one attached hydrogen (secondary N) is 1. The fraction of sp³-hybridized carbons (Fsp3) is 0.231. The molecular weight excluding hydrogens is 422 g/mol. The third-order valence-electron chi connectivity index (χ3n) is 4.99. The van der Waals surface area contributed by atoms with Crippen LogP contribution < -0.4 is 24.3 Å². The summed E-state index contributed by atoms with van der Waals surface area (Å²) < 4.78 is 21.4. The van der Waals surface area contributed by atoms with E-state index in [0.717, 1.165) is 5.56 Å². The number of rotatable bonds is 10. The molecule has 7 nitrogen and oxygen atoms in total. The van der Waals surface area contributed by atoms with Gasteiger partial charge in [-0.3, -0.25) is 4.79 Å². The fourth-order valence-electron chi connectivity index (χ4n) is 3.27. The van der Waals surface area contributed by atoms with E-state index < -0.39 is 5.97 Å². The maximum Gasteiger partial charge on any atom is 0.343 e. The Morgan fingerprint density at radius 1 is 0.727 bits per heavy atom. The van der Waals surface area contributed by atoms with Crippen molar-refractivity contribution in [2.75, 3.05) is 27.9 Å². The highest BCUT2D eigenvalue weighted by Gasteiger charge is 2.14. The quantitative estimate of drug-likeness (QED) is 0.374. The second-order valence-electron chi connectivity index (χ2n) is 7.21. The number of amides is 1. The zero-order valence-corrected chi connectivity index (χ0v) is 18.9. The fourth-order valence-corrected chi connectivity index (χ4v) is 3.27. The van der Waals surface area contributed by atoms with Gasteiger partial charge < -0.3 is 24.3 Å². The van der Waals surface area contributed by atoms with Crippen LogP contribution in [-0.4, -0.2) is 39.8 Å². The Bertz CT molecular complexity index is 1100. The van der Waals surface area contributed by atoms with Crippen LogP contribution in [0.4, 0.5) is 0 Å². The molecule has 3 rings (SSSR count). The molecule has 3 aromatic carbocycles. The number of hydrogen-bond acceptors (Lipinski definition) is 6.